The second-order valence-corrected chi connectivity index (χ2v) is 8.87. The molecule has 1 aliphatic carbocycles. The van der Waals surface area contributed by atoms with Gasteiger partial charge in [0.25, 0.3) is 0 Å². The molecule has 5 rings (SSSR count). The minimum absolute atomic E-state index is 0.136. The maximum Gasteiger partial charge on any atom is 0.194 e. The Labute approximate surface area is 189 Å². The molecule has 0 N–H and O–H groups in total. The van der Waals surface area contributed by atoms with Gasteiger partial charge in [-0.1, -0.05) is 0 Å². The van der Waals surface area contributed by atoms with Gasteiger partial charge in [-0.15, -0.1) is 0 Å². The third-order valence-corrected chi connectivity index (χ3v) is 6.71. The molecule has 0 aromatic heterocycles. The highest BCUT2D eigenvalue weighted by Gasteiger charge is 2.30. The molecular weight excluding hydrogens is 404 g/mol. The number of carbonyl (C=O) groups excluding carboxylic acids is 2. The molecule has 2 aromatic carbocycles. The highest BCUT2D eigenvalue weighted by atomic mass is 16.5. The van der Waals surface area contributed by atoms with E-state index in [2.05, 4.69) is 9.80 Å². The van der Waals surface area contributed by atoms with Crippen molar-refractivity contribution in [1.29, 1.82) is 0 Å². The Bertz CT molecular complexity index is 925. The van der Waals surface area contributed by atoms with E-state index in [9.17, 15) is 9.59 Å². The molecule has 2 heterocycles. The minimum atomic E-state index is -0.136. The molecule has 2 fully saturated rings. The van der Waals surface area contributed by atoms with Crippen LogP contribution in [0.25, 0.3) is 0 Å². The van der Waals surface area contributed by atoms with Gasteiger partial charge in [0.15, 0.2) is 11.6 Å². The lowest BCUT2D eigenvalue weighted by atomic mass is 9.84. The molecule has 2 saturated heterocycles. The van der Waals surface area contributed by atoms with E-state index >= 15 is 0 Å². The van der Waals surface area contributed by atoms with E-state index in [-0.39, 0.29) is 11.6 Å². The zero-order valence-corrected chi connectivity index (χ0v) is 18.5. The first-order chi connectivity index (χ1) is 15.7. The van der Waals surface area contributed by atoms with Crippen molar-refractivity contribution in [2.45, 2.75) is 25.7 Å². The van der Waals surface area contributed by atoms with Crippen molar-refractivity contribution in [1.82, 2.24) is 9.80 Å². The third-order valence-electron chi connectivity index (χ3n) is 6.71. The summed E-state index contributed by atoms with van der Waals surface area (Å²) in [6.45, 7) is 7.43. The summed E-state index contributed by atoms with van der Waals surface area (Å²) in [6.07, 6.45) is 5.00. The monoisotopic (exact) mass is 434 g/mol. The van der Waals surface area contributed by atoms with Gasteiger partial charge in [-0.3, -0.25) is 19.4 Å². The van der Waals surface area contributed by atoms with Gasteiger partial charge < -0.3 is 9.47 Å². The first kappa shape index (κ1) is 21.2. The van der Waals surface area contributed by atoms with Gasteiger partial charge in [-0.25, -0.2) is 0 Å². The maximum absolute atomic E-state index is 13.1. The van der Waals surface area contributed by atoms with Crippen LogP contribution in [0.15, 0.2) is 36.4 Å². The summed E-state index contributed by atoms with van der Waals surface area (Å²) in [5, 5.41) is 0. The molecule has 0 radical (unpaired) electrons. The first-order valence-electron chi connectivity index (χ1n) is 11.8. The van der Waals surface area contributed by atoms with E-state index in [0.29, 0.717) is 47.0 Å². The highest BCUT2D eigenvalue weighted by Crippen LogP contribution is 2.32. The third kappa shape index (κ3) is 4.43. The number of rotatable bonds is 8. The molecule has 168 valence electrons. The maximum atomic E-state index is 13.1. The van der Waals surface area contributed by atoms with E-state index in [1.807, 2.05) is 0 Å². The summed E-state index contributed by atoms with van der Waals surface area (Å²) < 4.78 is 11.8. The van der Waals surface area contributed by atoms with Crippen molar-refractivity contribution in [2.24, 2.45) is 0 Å². The molecule has 6 heteroatoms. The van der Waals surface area contributed by atoms with Crippen LogP contribution in [0.5, 0.6) is 11.5 Å². The minimum Gasteiger partial charge on any atom is -0.492 e. The highest BCUT2D eigenvalue weighted by molar-refractivity contribution is 6.28. The Morgan fingerprint density at radius 2 is 1.00 bits per heavy atom. The summed E-state index contributed by atoms with van der Waals surface area (Å²) in [5.74, 6) is 0.996. The van der Waals surface area contributed by atoms with Crippen molar-refractivity contribution in [3.05, 3.63) is 58.7 Å². The molecule has 0 amide bonds. The molecule has 32 heavy (non-hydrogen) atoms. The molecule has 0 atom stereocenters. The Kier molecular flexibility index (Phi) is 6.23. The van der Waals surface area contributed by atoms with Crippen LogP contribution >= 0.6 is 0 Å². The van der Waals surface area contributed by atoms with E-state index in [0.717, 1.165) is 39.3 Å². The van der Waals surface area contributed by atoms with Gasteiger partial charge in [-0.2, -0.15) is 0 Å². The normalized spacial score (nSPS) is 18.6. The summed E-state index contributed by atoms with van der Waals surface area (Å²) in [6, 6.07) is 10.4. The molecule has 6 nitrogen and oxygen atoms in total. The molecule has 3 aliphatic rings. The standard InChI is InChI=1S/C26H30N2O4/c29-25-22-8-6-20(32-16-14-28-11-3-4-12-28)18-24(22)26(30)21-7-5-19(17-23(21)25)31-15-13-27-9-1-2-10-27/h5-8,17-18H,1-4,9-16H2. The van der Waals surface area contributed by atoms with Crippen LogP contribution in [0, 0.1) is 0 Å². The fraction of sp³-hybridized carbons (Fsp3) is 0.462. The number of carbonyl (C=O) groups is 2. The first-order valence-corrected chi connectivity index (χ1v) is 11.8. The molecular formula is C26H30N2O4. The van der Waals surface area contributed by atoms with Crippen LogP contribution in [-0.4, -0.2) is 73.8 Å². The number of hydrogen-bond acceptors (Lipinski definition) is 6. The van der Waals surface area contributed by atoms with Crippen molar-refractivity contribution in [3.8, 4) is 11.5 Å². The predicted molar refractivity (Wildman–Crippen MR) is 122 cm³/mol. The Balaban J connectivity index is 1.26. The van der Waals surface area contributed by atoms with Gasteiger partial charge in [0, 0.05) is 35.3 Å². The van der Waals surface area contributed by atoms with Crippen LogP contribution in [0.2, 0.25) is 0 Å². The summed E-state index contributed by atoms with van der Waals surface area (Å²) in [4.78, 5) is 31.0. The average Bonchev–Trinajstić information content (AvgIpc) is 3.52. The number of benzene rings is 2. The zero-order chi connectivity index (χ0) is 21.9. The fourth-order valence-electron chi connectivity index (χ4n) is 4.89. The second-order valence-electron chi connectivity index (χ2n) is 8.87. The van der Waals surface area contributed by atoms with Crippen molar-refractivity contribution >= 4 is 11.6 Å². The van der Waals surface area contributed by atoms with Gasteiger partial charge >= 0.3 is 0 Å². The number of ketones is 2. The summed E-state index contributed by atoms with van der Waals surface area (Å²) in [5.41, 5.74) is 1.71. The zero-order valence-electron chi connectivity index (χ0n) is 18.5. The summed E-state index contributed by atoms with van der Waals surface area (Å²) >= 11 is 0. The van der Waals surface area contributed by atoms with Crippen molar-refractivity contribution in [2.75, 3.05) is 52.5 Å². The van der Waals surface area contributed by atoms with E-state index < -0.39 is 0 Å². The number of likely N-dealkylation sites (tertiary alicyclic amines) is 2. The molecule has 0 spiro atoms. The van der Waals surface area contributed by atoms with Gasteiger partial charge in [-0.05, 0) is 88.3 Å². The van der Waals surface area contributed by atoms with E-state index in [1.54, 1.807) is 36.4 Å². The Hall–Kier alpha value is -2.70. The Morgan fingerprint density at radius 3 is 1.41 bits per heavy atom. The lowest BCUT2D eigenvalue weighted by Gasteiger charge is -2.20. The van der Waals surface area contributed by atoms with Crippen LogP contribution in [0.1, 0.15) is 57.5 Å². The average molecular weight is 435 g/mol. The SMILES string of the molecule is O=C1c2ccc(OCCN3CCCC3)cc2C(=O)c2ccc(OCCN3CCCC3)cc21. The number of hydrogen-bond donors (Lipinski definition) is 0. The smallest absolute Gasteiger partial charge is 0.194 e. The topological polar surface area (TPSA) is 59.1 Å². The largest absolute Gasteiger partial charge is 0.492 e. The quantitative estimate of drug-likeness (QED) is 0.542. The number of nitrogens with zero attached hydrogens (tertiary/aromatic N) is 2. The predicted octanol–water partition coefficient (Wildman–Crippen LogP) is 3.41. The van der Waals surface area contributed by atoms with Crippen molar-refractivity contribution in [3.63, 3.8) is 0 Å². The number of ether oxygens (including phenoxy) is 2. The van der Waals surface area contributed by atoms with Crippen LogP contribution < -0.4 is 9.47 Å². The molecule has 2 aliphatic heterocycles. The number of fused-ring (bicyclic) bond motifs is 2. The Morgan fingerprint density at radius 1 is 0.594 bits per heavy atom. The molecule has 0 unspecified atom stereocenters. The fourth-order valence-corrected chi connectivity index (χ4v) is 4.89. The van der Waals surface area contributed by atoms with Crippen LogP contribution in [-0.2, 0) is 0 Å². The van der Waals surface area contributed by atoms with Crippen LogP contribution in [0.4, 0.5) is 0 Å². The van der Waals surface area contributed by atoms with E-state index in [4.69, 9.17) is 9.47 Å². The lowest BCUT2D eigenvalue weighted by molar-refractivity contribution is 0.0978. The van der Waals surface area contributed by atoms with Gasteiger partial charge in [0.2, 0.25) is 0 Å². The molecule has 2 aromatic rings. The van der Waals surface area contributed by atoms with E-state index in [1.165, 1.54) is 25.7 Å². The second kappa shape index (κ2) is 9.43. The summed E-state index contributed by atoms with van der Waals surface area (Å²) in [7, 11) is 0. The van der Waals surface area contributed by atoms with Crippen molar-refractivity contribution < 1.29 is 19.1 Å². The van der Waals surface area contributed by atoms with Gasteiger partial charge in [0.1, 0.15) is 24.7 Å². The molecule has 0 bridgehead atoms. The lowest BCUT2D eigenvalue weighted by Crippen LogP contribution is -2.25. The van der Waals surface area contributed by atoms with Crippen LogP contribution in [0.3, 0.4) is 0 Å². The molecule has 0 saturated carbocycles. The van der Waals surface area contributed by atoms with Gasteiger partial charge in [0.05, 0.1) is 0 Å².